The summed E-state index contributed by atoms with van der Waals surface area (Å²) in [5.41, 5.74) is 1.35. The van der Waals surface area contributed by atoms with Crippen LogP contribution in [0.3, 0.4) is 0 Å². The van der Waals surface area contributed by atoms with Gasteiger partial charge in [-0.3, -0.25) is 0 Å². The van der Waals surface area contributed by atoms with E-state index in [1.54, 1.807) is 29.8 Å². The van der Waals surface area contributed by atoms with E-state index < -0.39 is 0 Å². The van der Waals surface area contributed by atoms with E-state index in [2.05, 4.69) is 26.2 Å². The number of hydrogen-bond donors (Lipinski definition) is 2. The lowest BCUT2D eigenvalue weighted by atomic mass is 10.3. The molecule has 2 amide bonds. The zero-order valence-corrected chi connectivity index (χ0v) is 14.0. The van der Waals surface area contributed by atoms with Crippen LogP contribution in [0.2, 0.25) is 0 Å². The maximum absolute atomic E-state index is 12.8. The van der Waals surface area contributed by atoms with Gasteiger partial charge in [0.2, 0.25) is 0 Å². The van der Waals surface area contributed by atoms with Gasteiger partial charge in [-0.25, -0.2) is 9.18 Å². The SMILES string of the molecule is Cc1nnnn1-c1cccc(NC(=O)NCCOc2ccc(F)cc2)c1. The van der Waals surface area contributed by atoms with Gasteiger partial charge in [-0.05, 0) is 59.8 Å². The zero-order valence-electron chi connectivity index (χ0n) is 14.0. The van der Waals surface area contributed by atoms with E-state index in [4.69, 9.17) is 4.74 Å². The molecule has 1 heterocycles. The monoisotopic (exact) mass is 356 g/mol. The lowest BCUT2D eigenvalue weighted by Crippen LogP contribution is -2.32. The van der Waals surface area contributed by atoms with Crippen molar-refractivity contribution < 1.29 is 13.9 Å². The van der Waals surface area contributed by atoms with Crippen molar-refractivity contribution in [2.24, 2.45) is 0 Å². The van der Waals surface area contributed by atoms with Gasteiger partial charge in [0, 0.05) is 5.69 Å². The topological polar surface area (TPSA) is 94.0 Å². The van der Waals surface area contributed by atoms with E-state index in [0.29, 0.717) is 23.8 Å². The molecule has 0 aliphatic rings. The molecular weight excluding hydrogens is 339 g/mol. The molecule has 26 heavy (non-hydrogen) atoms. The van der Waals surface area contributed by atoms with E-state index in [1.165, 1.54) is 24.3 Å². The molecule has 2 aromatic carbocycles. The molecular formula is C17H17FN6O2. The Morgan fingerprint density at radius 3 is 2.77 bits per heavy atom. The molecule has 0 aliphatic carbocycles. The third-order valence-corrected chi connectivity index (χ3v) is 3.44. The van der Waals surface area contributed by atoms with E-state index in [-0.39, 0.29) is 18.5 Å². The smallest absolute Gasteiger partial charge is 0.319 e. The summed E-state index contributed by atoms with van der Waals surface area (Å²) in [4.78, 5) is 12.0. The van der Waals surface area contributed by atoms with Crippen molar-refractivity contribution in [1.29, 1.82) is 0 Å². The van der Waals surface area contributed by atoms with Crippen LogP contribution in [0, 0.1) is 12.7 Å². The second-order valence-electron chi connectivity index (χ2n) is 5.37. The maximum Gasteiger partial charge on any atom is 0.319 e. The number of carbonyl (C=O) groups excluding carboxylic acids is 1. The van der Waals surface area contributed by atoms with Crippen molar-refractivity contribution in [3.8, 4) is 11.4 Å². The quantitative estimate of drug-likeness (QED) is 0.661. The van der Waals surface area contributed by atoms with Gasteiger partial charge in [0.15, 0.2) is 5.82 Å². The number of hydrogen-bond acceptors (Lipinski definition) is 5. The van der Waals surface area contributed by atoms with Gasteiger partial charge in [0.05, 0.1) is 12.2 Å². The minimum atomic E-state index is -0.363. The van der Waals surface area contributed by atoms with Crippen LogP contribution in [0.25, 0.3) is 5.69 Å². The van der Waals surface area contributed by atoms with Crippen molar-refractivity contribution >= 4 is 11.7 Å². The van der Waals surface area contributed by atoms with E-state index in [1.807, 2.05) is 6.07 Å². The fraction of sp³-hybridized carbons (Fsp3) is 0.176. The van der Waals surface area contributed by atoms with Gasteiger partial charge in [0.1, 0.15) is 18.2 Å². The van der Waals surface area contributed by atoms with Gasteiger partial charge >= 0.3 is 6.03 Å². The normalized spacial score (nSPS) is 10.4. The average Bonchev–Trinajstić information content (AvgIpc) is 3.06. The molecule has 8 nitrogen and oxygen atoms in total. The number of halogens is 1. The minimum Gasteiger partial charge on any atom is -0.492 e. The highest BCUT2D eigenvalue weighted by Crippen LogP contribution is 2.14. The summed E-state index contributed by atoms with van der Waals surface area (Å²) >= 11 is 0. The highest BCUT2D eigenvalue weighted by molar-refractivity contribution is 5.89. The number of urea groups is 1. The van der Waals surface area contributed by atoms with Gasteiger partial charge in [-0.2, -0.15) is 4.68 Å². The number of ether oxygens (including phenoxy) is 1. The molecule has 0 saturated carbocycles. The first-order valence-electron chi connectivity index (χ1n) is 7.90. The first kappa shape index (κ1) is 17.3. The fourth-order valence-corrected chi connectivity index (χ4v) is 2.23. The summed E-state index contributed by atoms with van der Waals surface area (Å²) < 4.78 is 19.8. The number of anilines is 1. The maximum atomic E-state index is 12.8. The van der Waals surface area contributed by atoms with Crippen LogP contribution >= 0.6 is 0 Å². The molecule has 134 valence electrons. The predicted molar refractivity (Wildman–Crippen MR) is 92.8 cm³/mol. The molecule has 0 atom stereocenters. The van der Waals surface area contributed by atoms with Crippen LogP contribution in [0.4, 0.5) is 14.9 Å². The molecule has 0 bridgehead atoms. The number of carbonyl (C=O) groups is 1. The third kappa shape index (κ3) is 4.53. The van der Waals surface area contributed by atoms with E-state index in [0.717, 1.165) is 5.69 Å². The van der Waals surface area contributed by atoms with Crippen LogP contribution in [-0.2, 0) is 0 Å². The Morgan fingerprint density at radius 1 is 1.23 bits per heavy atom. The minimum absolute atomic E-state index is 0.267. The average molecular weight is 356 g/mol. The standard InChI is InChI=1S/C17H17FN6O2/c1-12-21-22-23-24(12)15-4-2-3-14(11-15)20-17(25)19-9-10-26-16-7-5-13(18)6-8-16/h2-8,11H,9-10H2,1H3,(H2,19,20,25). The summed E-state index contributed by atoms with van der Waals surface area (Å²) in [6.45, 7) is 2.35. The molecule has 0 radical (unpaired) electrons. The largest absolute Gasteiger partial charge is 0.492 e. The first-order chi connectivity index (χ1) is 12.6. The number of aryl methyl sites for hydroxylation is 1. The molecule has 0 spiro atoms. The van der Waals surface area contributed by atoms with Crippen LogP contribution in [-0.4, -0.2) is 39.4 Å². The predicted octanol–water partition coefficient (Wildman–Crippen LogP) is 2.31. The van der Waals surface area contributed by atoms with Crippen molar-refractivity contribution in [1.82, 2.24) is 25.5 Å². The van der Waals surface area contributed by atoms with E-state index in [9.17, 15) is 9.18 Å². The molecule has 0 unspecified atom stereocenters. The summed E-state index contributed by atoms with van der Waals surface area (Å²) in [5.74, 6) is 0.858. The molecule has 0 saturated heterocycles. The number of nitrogens with one attached hydrogen (secondary N) is 2. The van der Waals surface area contributed by atoms with Gasteiger partial charge in [0.25, 0.3) is 0 Å². The van der Waals surface area contributed by atoms with Crippen LogP contribution < -0.4 is 15.4 Å². The van der Waals surface area contributed by atoms with Crippen LogP contribution in [0.1, 0.15) is 5.82 Å². The van der Waals surface area contributed by atoms with Crippen molar-refractivity contribution in [3.63, 3.8) is 0 Å². The number of tetrazole rings is 1. The molecule has 0 fully saturated rings. The number of aromatic nitrogens is 4. The Balaban J connectivity index is 1.47. The van der Waals surface area contributed by atoms with Crippen molar-refractivity contribution in [2.45, 2.75) is 6.92 Å². The fourth-order valence-electron chi connectivity index (χ4n) is 2.23. The highest BCUT2D eigenvalue weighted by atomic mass is 19.1. The molecule has 9 heteroatoms. The Kier molecular flexibility index (Phi) is 5.37. The zero-order chi connectivity index (χ0) is 18.4. The van der Waals surface area contributed by atoms with Crippen LogP contribution in [0.5, 0.6) is 5.75 Å². The van der Waals surface area contributed by atoms with Crippen molar-refractivity contribution in [3.05, 3.63) is 60.2 Å². The number of nitrogens with zero attached hydrogens (tertiary/aromatic N) is 4. The lowest BCUT2D eigenvalue weighted by molar-refractivity contribution is 0.247. The first-order valence-corrected chi connectivity index (χ1v) is 7.90. The number of amides is 2. The second kappa shape index (κ2) is 8.06. The van der Waals surface area contributed by atoms with Gasteiger partial charge in [-0.15, -0.1) is 5.10 Å². The Labute approximate surface area is 149 Å². The summed E-state index contributed by atoms with van der Waals surface area (Å²) in [7, 11) is 0. The number of benzene rings is 2. The molecule has 3 aromatic rings. The molecule has 2 N–H and O–H groups in total. The van der Waals surface area contributed by atoms with Gasteiger partial charge in [-0.1, -0.05) is 6.07 Å². The lowest BCUT2D eigenvalue weighted by Gasteiger charge is -2.10. The molecule has 1 aromatic heterocycles. The van der Waals surface area contributed by atoms with Gasteiger partial charge < -0.3 is 15.4 Å². The molecule has 3 rings (SSSR count). The number of rotatable bonds is 6. The Bertz CT molecular complexity index is 881. The van der Waals surface area contributed by atoms with Crippen LogP contribution in [0.15, 0.2) is 48.5 Å². The van der Waals surface area contributed by atoms with E-state index >= 15 is 0 Å². The Hall–Kier alpha value is -3.49. The van der Waals surface area contributed by atoms with Crippen molar-refractivity contribution in [2.75, 3.05) is 18.5 Å². The summed E-state index contributed by atoms with van der Waals surface area (Å²) in [5, 5.41) is 16.7. The second-order valence-corrected chi connectivity index (χ2v) is 5.37. The highest BCUT2D eigenvalue weighted by Gasteiger charge is 2.06. The summed E-state index contributed by atoms with van der Waals surface area (Å²) in [6.07, 6.45) is 0. The molecule has 0 aliphatic heterocycles. The Morgan fingerprint density at radius 2 is 2.04 bits per heavy atom. The third-order valence-electron chi connectivity index (χ3n) is 3.44. The summed E-state index contributed by atoms with van der Waals surface area (Å²) in [6, 6.07) is 12.5.